The summed E-state index contributed by atoms with van der Waals surface area (Å²) in [6, 6.07) is 7.16. The van der Waals surface area contributed by atoms with Gasteiger partial charge in [-0.2, -0.15) is 0 Å². The van der Waals surface area contributed by atoms with E-state index in [2.05, 4.69) is 15.0 Å². The number of hydrogen-bond acceptors (Lipinski definition) is 5. The van der Waals surface area contributed by atoms with E-state index in [1.54, 1.807) is 45.2 Å². The lowest BCUT2D eigenvalue weighted by Crippen LogP contribution is -2.23. The van der Waals surface area contributed by atoms with Crippen molar-refractivity contribution in [3.8, 4) is 17.1 Å². The molecule has 1 aromatic carbocycles. The average Bonchev–Trinajstić information content (AvgIpc) is 3.66. The zero-order valence-corrected chi connectivity index (χ0v) is 21.8. The molecular weight excluding hydrogens is 517 g/mol. The van der Waals surface area contributed by atoms with E-state index in [9.17, 15) is 23.1 Å². The molecule has 3 aromatic heterocycles. The number of nitrogens with zero attached hydrogens (tertiary/aromatic N) is 4. The lowest BCUT2D eigenvalue weighted by atomic mass is 10.0. The van der Waals surface area contributed by atoms with Crippen molar-refractivity contribution >= 4 is 11.6 Å². The van der Waals surface area contributed by atoms with Gasteiger partial charge in [0.15, 0.2) is 23.3 Å². The minimum absolute atomic E-state index is 0.00951. The number of halogens is 4. The third-order valence-corrected chi connectivity index (χ3v) is 7.15. The number of benzene rings is 1. The number of aryl methyl sites for hydroxylation is 2. The summed E-state index contributed by atoms with van der Waals surface area (Å²) in [6.45, 7) is 6.75. The maximum Gasteiger partial charge on any atom is 0.274 e. The second kappa shape index (κ2) is 9.32. The highest BCUT2D eigenvalue weighted by molar-refractivity contribution is 6.31. The first kappa shape index (κ1) is 26.1. The molecule has 10 heteroatoms. The van der Waals surface area contributed by atoms with E-state index in [-0.39, 0.29) is 22.7 Å². The van der Waals surface area contributed by atoms with Crippen molar-refractivity contribution in [1.29, 1.82) is 0 Å². The molecule has 1 fully saturated rings. The van der Waals surface area contributed by atoms with Crippen LogP contribution < -0.4 is 5.56 Å². The van der Waals surface area contributed by atoms with E-state index >= 15 is 0 Å². The molecule has 0 bridgehead atoms. The molecule has 0 spiro atoms. The van der Waals surface area contributed by atoms with Gasteiger partial charge in [-0.25, -0.2) is 23.1 Å². The smallest absolute Gasteiger partial charge is 0.274 e. The van der Waals surface area contributed by atoms with Crippen LogP contribution in [0.2, 0.25) is 5.02 Å². The minimum atomic E-state index is -1.51. The van der Waals surface area contributed by atoms with E-state index in [0.717, 1.165) is 17.7 Å². The number of aromatic nitrogens is 4. The normalized spacial score (nSPS) is 17.1. The first-order valence-electron chi connectivity index (χ1n) is 12.0. The monoisotopic (exact) mass is 540 g/mol. The highest BCUT2D eigenvalue weighted by atomic mass is 35.5. The molecule has 0 amide bonds. The number of hydrogen-bond donors (Lipinski definition) is 1. The summed E-state index contributed by atoms with van der Waals surface area (Å²) in [5.41, 5.74) is 2.07. The van der Waals surface area contributed by atoms with Crippen LogP contribution in [0.5, 0.6) is 0 Å². The Morgan fingerprint density at radius 3 is 2.37 bits per heavy atom. The molecule has 0 aliphatic heterocycles. The van der Waals surface area contributed by atoms with Gasteiger partial charge in [-0.15, -0.1) is 0 Å². The van der Waals surface area contributed by atoms with Crippen LogP contribution in [0.4, 0.5) is 13.2 Å². The van der Waals surface area contributed by atoms with Gasteiger partial charge < -0.3 is 5.11 Å². The van der Waals surface area contributed by atoms with Crippen molar-refractivity contribution < 1.29 is 18.3 Å². The summed E-state index contributed by atoms with van der Waals surface area (Å²) in [6.07, 6.45) is 3.69. The van der Waals surface area contributed by atoms with Gasteiger partial charge in [0.2, 0.25) is 0 Å². The Balaban J connectivity index is 1.53. The minimum Gasteiger partial charge on any atom is -0.382 e. The fourth-order valence-corrected chi connectivity index (χ4v) is 4.97. The Labute approximate surface area is 221 Å². The molecule has 4 aromatic rings. The molecular formula is C28H24ClF3N4O2. The Morgan fingerprint density at radius 1 is 1.03 bits per heavy atom. The molecule has 1 saturated carbocycles. The van der Waals surface area contributed by atoms with Gasteiger partial charge in [-0.05, 0) is 93.0 Å². The Kier molecular flexibility index (Phi) is 6.39. The molecule has 1 N–H and O–H groups in total. The lowest BCUT2D eigenvalue weighted by molar-refractivity contribution is 0.0688. The van der Waals surface area contributed by atoms with Crippen molar-refractivity contribution in [3.05, 3.63) is 104 Å². The van der Waals surface area contributed by atoms with Gasteiger partial charge in [-0.3, -0.25) is 14.3 Å². The summed E-state index contributed by atoms with van der Waals surface area (Å²) in [4.78, 5) is 26.5. The number of pyridine rings is 2. The van der Waals surface area contributed by atoms with Crippen molar-refractivity contribution in [2.75, 3.05) is 0 Å². The van der Waals surface area contributed by atoms with Crippen LogP contribution in [0.15, 0.2) is 47.5 Å². The molecule has 3 heterocycles. The van der Waals surface area contributed by atoms with Crippen molar-refractivity contribution in [2.45, 2.75) is 51.6 Å². The molecule has 0 saturated heterocycles. The Morgan fingerprint density at radius 2 is 1.71 bits per heavy atom. The van der Waals surface area contributed by atoms with Gasteiger partial charge in [0.25, 0.3) is 5.56 Å². The fraction of sp³-hybridized carbons (Fsp3) is 0.286. The van der Waals surface area contributed by atoms with Crippen molar-refractivity contribution in [1.82, 2.24) is 19.5 Å². The first-order valence-corrected chi connectivity index (χ1v) is 12.3. The molecule has 1 aliphatic carbocycles. The summed E-state index contributed by atoms with van der Waals surface area (Å²) in [5.74, 6) is -4.25. The summed E-state index contributed by atoms with van der Waals surface area (Å²) in [5, 5.41) is 10.3. The quantitative estimate of drug-likeness (QED) is 0.320. The van der Waals surface area contributed by atoms with Gasteiger partial charge >= 0.3 is 0 Å². The van der Waals surface area contributed by atoms with Crippen LogP contribution in [0.1, 0.15) is 60.3 Å². The van der Waals surface area contributed by atoms with Gasteiger partial charge in [-0.1, -0.05) is 11.6 Å². The lowest BCUT2D eigenvalue weighted by Gasteiger charge is -2.17. The van der Waals surface area contributed by atoms with Crippen LogP contribution in [0.25, 0.3) is 17.1 Å². The highest BCUT2D eigenvalue weighted by Gasteiger charge is 2.42. The van der Waals surface area contributed by atoms with Crippen LogP contribution in [0, 0.1) is 31.3 Å². The predicted octanol–water partition coefficient (Wildman–Crippen LogP) is 5.88. The van der Waals surface area contributed by atoms with Crippen LogP contribution in [-0.2, 0) is 5.60 Å². The second-order valence-electron chi connectivity index (χ2n) is 10.1. The third-order valence-electron chi connectivity index (χ3n) is 6.77. The largest absolute Gasteiger partial charge is 0.382 e. The SMILES string of the molecule is Cc1cnc(-c2ccnc(C(C)(C)O)n2)cc1-n1c(C)cc([C@H]2C[C@@H]2c2cc(F)c(F)c(F)c2)c(Cl)c1=O. The summed E-state index contributed by atoms with van der Waals surface area (Å²) in [7, 11) is 0. The van der Waals surface area contributed by atoms with Crippen molar-refractivity contribution in [3.63, 3.8) is 0 Å². The van der Waals surface area contributed by atoms with E-state index < -0.39 is 28.6 Å². The molecule has 1 aliphatic rings. The third kappa shape index (κ3) is 4.61. The molecule has 0 radical (unpaired) electrons. The predicted molar refractivity (Wildman–Crippen MR) is 137 cm³/mol. The molecule has 38 heavy (non-hydrogen) atoms. The van der Waals surface area contributed by atoms with E-state index in [1.165, 1.54) is 10.8 Å². The molecule has 2 atom stereocenters. The van der Waals surface area contributed by atoms with E-state index in [0.29, 0.717) is 40.3 Å². The summed E-state index contributed by atoms with van der Waals surface area (Å²) >= 11 is 6.57. The first-order chi connectivity index (χ1) is 17.9. The summed E-state index contributed by atoms with van der Waals surface area (Å²) < 4.78 is 42.4. The molecule has 5 rings (SSSR count). The highest BCUT2D eigenvalue weighted by Crippen LogP contribution is 2.56. The van der Waals surface area contributed by atoms with Crippen LogP contribution >= 0.6 is 11.6 Å². The van der Waals surface area contributed by atoms with E-state index in [4.69, 9.17) is 11.6 Å². The van der Waals surface area contributed by atoms with Gasteiger partial charge in [0, 0.05) is 18.1 Å². The fourth-order valence-electron chi connectivity index (χ4n) is 4.69. The zero-order chi connectivity index (χ0) is 27.5. The number of rotatable bonds is 5. The molecule has 196 valence electrons. The van der Waals surface area contributed by atoms with E-state index in [1.807, 2.05) is 6.92 Å². The average molecular weight is 541 g/mol. The van der Waals surface area contributed by atoms with Crippen molar-refractivity contribution in [2.24, 2.45) is 0 Å². The molecule has 0 unspecified atom stereocenters. The van der Waals surface area contributed by atoms with Crippen LogP contribution in [0.3, 0.4) is 0 Å². The standard InChI is InChI=1S/C28H24ClF3N4O2/c1-13-12-34-22(21-5-6-33-27(35-21)28(3,4)38)11-23(13)36-14(2)7-18(24(29)26(36)37)17-10-16(17)15-8-19(30)25(32)20(31)9-15/h5-9,11-12,16-17,38H,10H2,1-4H3/t16-,17+/m1/s1. The number of aliphatic hydroxyl groups is 1. The van der Waals surface area contributed by atoms with Gasteiger partial charge in [0.1, 0.15) is 10.6 Å². The Hall–Kier alpha value is -3.56. The zero-order valence-electron chi connectivity index (χ0n) is 21.1. The Bertz CT molecular complexity index is 1630. The van der Waals surface area contributed by atoms with Crippen LogP contribution in [-0.4, -0.2) is 24.6 Å². The second-order valence-corrected chi connectivity index (χ2v) is 10.5. The topological polar surface area (TPSA) is 80.9 Å². The molecule has 6 nitrogen and oxygen atoms in total. The maximum absolute atomic E-state index is 13.8. The van der Waals surface area contributed by atoms with Gasteiger partial charge in [0.05, 0.1) is 17.1 Å². The maximum atomic E-state index is 13.8.